The average Bonchev–Trinajstić information content (AvgIpc) is 2.74. The first-order chi connectivity index (χ1) is 7.50. The highest BCUT2D eigenvalue weighted by Crippen LogP contribution is 2.32. The van der Waals surface area contributed by atoms with Crippen LogP contribution >= 0.6 is 0 Å². The Labute approximate surface area is 98.4 Å². The molecule has 92 valence electrons. The fourth-order valence-corrected chi connectivity index (χ4v) is 2.82. The van der Waals surface area contributed by atoms with Gasteiger partial charge in [-0.3, -0.25) is 4.79 Å². The molecule has 3 heteroatoms. The molecule has 0 bridgehead atoms. The summed E-state index contributed by atoms with van der Waals surface area (Å²) in [6, 6.07) is 0.131. The Bertz CT molecular complexity index is 269. The van der Waals surface area contributed by atoms with Crippen molar-refractivity contribution in [2.45, 2.75) is 52.0 Å². The third kappa shape index (κ3) is 2.24. The van der Waals surface area contributed by atoms with Crippen LogP contribution in [0.3, 0.4) is 0 Å². The molecule has 1 atom stereocenters. The number of likely N-dealkylation sites (tertiary alicyclic amines) is 1. The third-order valence-electron chi connectivity index (χ3n) is 4.46. The second-order valence-electron chi connectivity index (χ2n) is 6.11. The highest BCUT2D eigenvalue weighted by atomic mass is 16.2. The Balaban J connectivity index is 1.94. The number of hydrogen-bond donors (Lipinski definition) is 1. The second kappa shape index (κ2) is 4.36. The van der Waals surface area contributed by atoms with Gasteiger partial charge in [0.15, 0.2) is 0 Å². The zero-order valence-corrected chi connectivity index (χ0v) is 10.5. The summed E-state index contributed by atoms with van der Waals surface area (Å²) < 4.78 is 0. The number of piperidine rings is 1. The van der Waals surface area contributed by atoms with E-state index in [-0.39, 0.29) is 11.5 Å². The van der Waals surface area contributed by atoms with Gasteiger partial charge >= 0.3 is 0 Å². The lowest BCUT2D eigenvalue weighted by Crippen LogP contribution is -2.55. The molecule has 1 aliphatic heterocycles. The normalized spacial score (nSPS) is 30.7. The molecule has 1 heterocycles. The fraction of sp³-hybridized carbons (Fsp3) is 0.923. The number of amides is 1. The summed E-state index contributed by atoms with van der Waals surface area (Å²) >= 11 is 0. The van der Waals surface area contributed by atoms with Gasteiger partial charge in [-0.1, -0.05) is 26.7 Å². The lowest BCUT2D eigenvalue weighted by molar-refractivity contribution is -0.137. The Kier molecular flexibility index (Phi) is 3.24. The van der Waals surface area contributed by atoms with Crippen LogP contribution in [0.5, 0.6) is 0 Å². The van der Waals surface area contributed by atoms with E-state index in [2.05, 4.69) is 13.8 Å². The van der Waals surface area contributed by atoms with E-state index in [1.165, 1.54) is 12.8 Å². The number of nitrogens with zero attached hydrogens (tertiary/aromatic N) is 1. The van der Waals surface area contributed by atoms with Gasteiger partial charge in [0, 0.05) is 25.0 Å². The molecule has 1 unspecified atom stereocenters. The predicted octanol–water partition coefficient (Wildman–Crippen LogP) is 1.76. The Hall–Kier alpha value is -0.570. The summed E-state index contributed by atoms with van der Waals surface area (Å²) in [5.41, 5.74) is 6.33. The smallest absolute Gasteiger partial charge is 0.225 e. The Morgan fingerprint density at radius 2 is 1.94 bits per heavy atom. The van der Waals surface area contributed by atoms with Gasteiger partial charge in [-0.05, 0) is 24.7 Å². The number of nitrogens with two attached hydrogens (primary N) is 1. The molecule has 1 aliphatic carbocycles. The number of hydrogen-bond acceptors (Lipinski definition) is 2. The highest BCUT2D eigenvalue weighted by molar-refractivity contribution is 5.79. The molecule has 3 nitrogen and oxygen atoms in total. The molecule has 16 heavy (non-hydrogen) atoms. The van der Waals surface area contributed by atoms with Gasteiger partial charge in [-0.2, -0.15) is 0 Å². The average molecular weight is 224 g/mol. The molecule has 0 aromatic heterocycles. The summed E-state index contributed by atoms with van der Waals surface area (Å²) in [5.74, 6) is 0.664. The van der Waals surface area contributed by atoms with Crippen molar-refractivity contribution in [3.8, 4) is 0 Å². The maximum absolute atomic E-state index is 12.2. The first-order valence-corrected chi connectivity index (χ1v) is 6.55. The van der Waals surface area contributed by atoms with Gasteiger partial charge in [0.25, 0.3) is 0 Å². The third-order valence-corrected chi connectivity index (χ3v) is 4.46. The van der Waals surface area contributed by atoms with E-state index in [0.717, 1.165) is 32.4 Å². The van der Waals surface area contributed by atoms with Crippen LogP contribution < -0.4 is 5.73 Å². The Morgan fingerprint density at radius 1 is 1.31 bits per heavy atom. The molecule has 2 fully saturated rings. The molecule has 1 saturated carbocycles. The first kappa shape index (κ1) is 11.9. The number of carbonyl (C=O) groups is 1. The van der Waals surface area contributed by atoms with E-state index in [9.17, 15) is 4.79 Å². The lowest BCUT2D eigenvalue weighted by atomic mass is 9.78. The minimum atomic E-state index is 0.131. The summed E-state index contributed by atoms with van der Waals surface area (Å²) in [4.78, 5) is 14.2. The second-order valence-corrected chi connectivity index (χ2v) is 6.11. The molecule has 2 aliphatic rings. The van der Waals surface area contributed by atoms with Crippen molar-refractivity contribution in [1.29, 1.82) is 0 Å². The van der Waals surface area contributed by atoms with Crippen molar-refractivity contribution in [3.63, 3.8) is 0 Å². The van der Waals surface area contributed by atoms with Crippen LogP contribution in [-0.4, -0.2) is 29.9 Å². The van der Waals surface area contributed by atoms with E-state index in [1.54, 1.807) is 0 Å². The van der Waals surface area contributed by atoms with Crippen molar-refractivity contribution in [3.05, 3.63) is 0 Å². The van der Waals surface area contributed by atoms with Gasteiger partial charge in [0.1, 0.15) is 0 Å². The van der Waals surface area contributed by atoms with Gasteiger partial charge < -0.3 is 10.6 Å². The van der Waals surface area contributed by atoms with E-state index < -0.39 is 0 Å². The SMILES string of the molecule is CC1(C)CCN(C(=O)C2CCCC2)CC1N. The first-order valence-electron chi connectivity index (χ1n) is 6.55. The zero-order valence-electron chi connectivity index (χ0n) is 10.5. The number of carbonyl (C=O) groups excluding carboxylic acids is 1. The van der Waals surface area contributed by atoms with Crippen molar-refractivity contribution < 1.29 is 4.79 Å². The predicted molar refractivity (Wildman–Crippen MR) is 64.9 cm³/mol. The molecular formula is C13H24N2O. The standard InChI is InChI=1S/C13H24N2O/c1-13(2)7-8-15(9-11(13)14)12(16)10-5-3-4-6-10/h10-11H,3-9,14H2,1-2H3. The van der Waals surface area contributed by atoms with Crippen molar-refractivity contribution in [2.75, 3.05) is 13.1 Å². The van der Waals surface area contributed by atoms with Gasteiger partial charge in [0.2, 0.25) is 5.91 Å². The molecule has 1 saturated heterocycles. The summed E-state index contributed by atoms with van der Waals surface area (Å²) in [6.07, 6.45) is 5.66. The van der Waals surface area contributed by atoms with E-state index in [0.29, 0.717) is 11.8 Å². The van der Waals surface area contributed by atoms with Gasteiger partial charge in [-0.25, -0.2) is 0 Å². The summed E-state index contributed by atoms with van der Waals surface area (Å²) in [7, 11) is 0. The summed E-state index contributed by atoms with van der Waals surface area (Å²) in [5, 5.41) is 0. The van der Waals surface area contributed by atoms with Crippen LogP contribution in [0, 0.1) is 11.3 Å². The Morgan fingerprint density at radius 3 is 2.50 bits per heavy atom. The minimum Gasteiger partial charge on any atom is -0.341 e. The van der Waals surface area contributed by atoms with Crippen molar-refractivity contribution in [2.24, 2.45) is 17.1 Å². The quantitative estimate of drug-likeness (QED) is 0.737. The van der Waals surface area contributed by atoms with E-state index in [4.69, 9.17) is 5.73 Å². The molecular weight excluding hydrogens is 200 g/mol. The summed E-state index contributed by atoms with van der Waals surface area (Å²) in [6.45, 7) is 6.06. The highest BCUT2D eigenvalue weighted by Gasteiger charge is 2.37. The van der Waals surface area contributed by atoms with Crippen molar-refractivity contribution >= 4 is 5.91 Å². The molecule has 1 amide bonds. The molecule has 0 spiro atoms. The lowest BCUT2D eigenvalue weighted by Gasteiger charge is -2.42. The minimum absolute atomic E-state index is 0.131. The molecule has 2 N–H and O–H groups in total. The van der Waals surface area contributed by atoms with Crippen LogP contribution in [-0.2, 0) is 4.79 Å². The maximum Gasteiger partial charge on any atom is 0.225 e. The molecule has 0 aromatic carbocycles. The molecule has 0 radical (unpaired) electrons. The zero-order chi connectivity index (χ0) is 11.8. The molecule has 2 rings (SSSR count). The van der Waals surface area contributed by atoms with Crippen LogP contribution in [0.2, 0.25) is 0 Å². The van der Waals surface area contributed by atoms with Gasteiger partial charge in [-0.15, -0.1) is 0 Å². The van der Waals surface area contributed by atoms with Gasteiger partial charge in [0.05, 0.1) is 0 Å². The maximum atomic E-state index is 12.2. The van der Waals surface area contributed by atoms with E-state index >= 15 is 0 Å². The fourth-order valence-electron chi connectivity index (χ4n) is 2.82. The number of rotatable bonds is 1. The topological polar surface area (TPSA) is 46.3 Å². The van der Waals surface area contributed by atoms with Crippen molar-refractivity contribution in [1.82, 2.24) is 4.90 Å². The van der Waals surface area contributed by atoms with E-state index in [1.807, 2.05) is 4.90 Å². The van der Waals surface area contributed by atoms with Crippen LogP contribution in [0.4, 0.5) is 0 Å². The largest absolute Gasteiger partial charge is 0.341 e. The monoisotopic (exact) mass is 224 g/mol. The van der Waals surface area contributed by atoms with Crippen LogP contribution in [0.1, 0.15) is 46.0 Å². The molecule has 0 aromatic rings. The van der Waals surface area contributed by atoms with Crippen LogP contribution in [0.15, 0.2) is 0 Å². The van der Waals surface area contributed by atoms with Crippen LogP contribution in [0.25, 0.3) is 0 Å².